The maximum absolute atomic E-state index is 13.5. The van der Waals surface area contributed by atoms with Crippen molar-refractivity contribution in [1.82, 2.24) is 20.0 Å². The molecular formula is C45H44ClN7O5. The molecule has 6 aliphatic heterocycles. The average Bonchev–Trinajstić information content (AvgIpc) is 3.74. The second-order valence-electron chi connectivity index (χ2n) is 16.6. The number of hydrogen-bond acceptors (Lipinski definition) is 8. The molecule has 9 rings (SSSR count). The van der Waals surface area contributed by atoms with Crippen LogP contribution < -0.4 is 15.1 Å². The molecule has 0 bridgehead atoms. The van der Waals surface area contributed by atoms with Gasteiger partial charge in [0.15, 0.2) is 0 Å². The molecule has 13 heteroatoms. The highest BCUT2D eigenvalue weighted by atomic mass is 35.5. The number of nitrogens with zero attached hydrogens (tertiary/aromatic N) is 6. The predicted molar refractivity (Wildman–Crippen MR) is 219 cm³/mol. The number of piperidine rings is 3. The highest BCUT2D eigenvalue weighted by Crippen LogP contribution is 2.43. The van der Waals surface area contributed by atoms with Crippen LogP contribution in [0.4, 0.5) is 17.1 Å². The predicted octanol–water partition coefficient (Wildman–Crippen LogP) is 5.38. The number of carbonyl (C=O) groups is 5. The van der Waals surface area contributed by atoms with Gasteiger partial charge in [0.05, 0.1) is 17.7 Å². The summed E-state index contributed by atoms with van der Waals surface area (Å²) >= 11 is 6.32. The van der Waals surface area contributed by atoms with Gasteiger partial charge in [-0.25, -0.2) is 4.85 Å². The van der Waals surface area contributed by atoms with E-state index in [0.717, 1.165) is 106 Å². The number of imide groups is 2. The van der Waals surface area contributed by atoms with Gasteiger partial charge in [-0.2, -0.15) is 0 Å². The van der Waals surface area contributed by atoms with Crippen LogP contribution in [0.2, 0.25) is 5.02 Å². The van der Waals surface area contributed by atoms with Gasteiger partial charge < -0.3 is 14.7 Å². The van der Waals surface area contributed by atoms with Crippen molar-refractivity contribution < 1.29 is 24.0 Å². The topological polar surface area (TPSA) is 118 Å². The first-order chi connectivity index (χ1) is 28.1. The highest BCUT2D eigenvalue weighted by Gasteiger charge is 2.46. The molecule has 6 aliphatic rings. The number of anilines is 2. The van der Waals surface area contributed by atoms with E-state index in [9.17, 15) is 24.0 Å². The van der Waals surface area contributed by atoms with Gasteiger partial charge in [-0.15, -0.1) is 0 Å². The molecule has 296 valence electrons. The minimum absolute atomic E-state index is 0.0730. The number of amides is 5. The Morgan fingerprint density at radius 2 is 1.50 bits per heavy atom. The summed E-state index contributed by atoms with van der Waals surface area (Å²) in [6, 6.07) is 18.1. The summed E-state index contributed by atoms with van der Waals surface area (Å²) in [4.78, 5) is 77.4. The molecule has 1 unspecified atom stereocenters. The van der Waals surface area contributed by atoms with Gasteiger partial charge in [0.1, 0.15) is 6.04 Å². The zero-order chi connectivity index (χ0) is 40.1. The molecule has 12 nitrogen and oxygen atoms in total. The summed E-state index contributed by atoms with van der Waals surface area (Å²) in [5, 5.41) is 2.73. The number of hydrogen-bond donors (Lipinski definition) is 1. The van der Waals surface area contributed by atoms with Crippen molar-refractivity contribution in [1.29, 1.82) is 0 Å². The van der Waals surface area contributed by atoms with Crippen molar-refractivity contribution in [3.05, 3.63) is 99.4 Å². The molecule has 0 aromatic heterocycles. The molecule has 3 aromatic carbocycles. The Balaban J connectivity index is 0.720. The maximum atomic E-state index is 13.5. The molecule has 3 aromatic rings. The highest BCUT2D eigenvalue weighted by molar-refractivity contribution is 6.33. The van der Waals surface area contributed by atoms with Crippen molar-refractivity contribution in [3.63, 3.8) is 0 Å². The Kier molecular flexibility index (Phi) is 9.95. The van der Waals surface area contributed by atoms with Crippen LogP contribution in [-0.2, 0) is 9.59 Å². The van der Waals surface area contributed by atoms with E-state index in [4.69, 9.17) is 18.2 Å². The zero-order valence-electron chi connectivity index (χ0n) is 32.2. The molecule has 1 atom stereocenters. The van der Waals surface area contributed by atoms with Crippen molar-refractivity contribution in [2.45, 2.75) is 57.0 Å². The first kappa shape index (κ1) is 37.9. The summed E-state index contributed by atoms with van der Waals surface area (Å²) < 4.78 is 0. The van der Waals surface area contributed by atoms with E-state index in [1.807, 2.05) is 47.4 Å². The van der Waals surface area contributed by atoms with E-state index in [0.29, 0.717) is 39.4 Å². The van der Waals surface area contributed by atoms with E-state index in [2.05, 4.69) is 36.7 Å². The lowest BCUT2D eigenvalue weighted by atomic mass is 9.77. The van der Waals surface area contributed by atoms with Crippen LogP contribution in [0.5, 0.6) is 0 Å². The first-order valence-corrected chi connectivity index (χ1v) is 20.6. The monoisotopic (exact) mass is 797 g/mol. The van der Waals surface area contributed by atoms with Crippen molar-refractivity contribution in [2.75, 3.05) is 62.2 Å². The summed E-state index contributed by atoms with van der Waals surface area (Å²) in [5.41, 5.74) is 4.81. The van der Waals surface area contributed by atoms with Crippen molar-refractivity contribution in [2.24, 2.45) is 11.3 Å². The van der Waals surface area contributed by atoms with Crippen molar-refractivity contribution >= 4 is 58.2 Å². The van der Waals surface area contributed by atoms with E-state index < -0.39 is 29.7 Å². The largest absolute Gasteiger partial charge is 0.371 e. The van der Waals surface area contributed by atoms with E-state index in [1.54, 1.807) is 18.2 Å². The maximum Gasteiger partial charge on any atom is 0.262 e. The fraction of sp³-hybridized carbons (Fsp3) is 0.422. The Bertz CT molecular complexity index is 2310. The number of nitrogens with one attached hydrogen (secondary N) is 1. The van der Waals surface area contributed by atoms with Crippen LogP contribution in [0.25, 0.3) is 4.85 Å². The quantitative estimate of drug-likeness (QED) is 0.208. The molecule has 5 saturated heterocycles. The van der Waals surface area contributed by atoms with Gasteiger partial charge in [0, 0.05) is 85.2 Å². The Hall–Kier alpha value is -5.69. The second kappa shape index (κ2) is 15.2. The third kappa shape index (κ3) is 7.09. The Morgan fingerprint density at radius 3 is 2.21 bits per heavy atom. The molecule has 6 heterocycles. The SMILES string of the molecule is [C-]#[N+]c1ccc(N2CCC3(CCN(C(=O)c4ccc(C#CC5CCN(C6CN(c7ccc8c(c7)C(=O)N(C7CCC(=O)NC7=O)C8=O)C6)CC5)cc4)CC3)C2)cc1Cl. The molecule has 0 radical (unpaired) electrons. The molecule has 5 fully saturated rings. The Morgan fingerprint density at radius 1 is 0.810 bits per heavy atom. The third-order valence-corrected chi connectivity index (χ3v) is 13.5. The minimum Gasteiger partial charge on any atom is -0.371 e. The van der Waals surface area contributed by atoms with Gasteiger partial charge in [-0.05, 0) is 112 Å². The van der Waals surface area contributed by atoms with Crippen LogP contribution in [0, 0.1) is 29.7 Å². The lowest BCUT2D eigenvalue weighted by Crippen LogP contribution is -2.61. The molecule has 0 saturated carbocycles. The standard InChI is InChI=1S/C45H44ClN7O5/c1-47-38-11-9-33(25-37(38)46)51-23-18-45(28-51)16-21-50(22-17-45)42(56)31-6-4-29(5-7-31)2-3-30-14-19-49(20-15-30)34-26-52(27-34)32-8-10-35-36(24-32)44(58)53(43(35)57)39-12-13-40(54)48-41(39)55/h4-11,24-25,30,34,39H,12-23,26-28H2,(H,48,54,55). The van der Waals surface area contributed by atoms with Crippen LogP contribution in [0.15, 0.2) is 60.7 Å². The number of rotatable bonds is 5. The van der Waals surface area contributed by atoms with Crippen LogP contribution in [0.1, 0.15) is 81.6 Å². The van der Waals surface area contributed by atoms with Gasteiger partial charge >= 0.3 is 0 Å². The van der Waals surface area contributed by atoms with E-state index >= 15 is 0 Å². The van der Waals surface area contributed by atoms with Crippen LogP contribution >= 0.6 is 11.6 Å². The summed E-state index contributed by atoms with van der Waals surface area (Å²) in [6.07, 6.45) is 5.24. The lowest BCUT2D eigenvalue weighted by molar-refractivity contribution is -0.136. The average molecular weight is 798 g/mol. The number of halogens is 1. The minimum atomic E-state index is -0.972. The molecular weight excluding hydrogens is 754 g/mol. The smallest absolute Gasteiger partial charge is 0.262 e. The number of fused-ring (bicyclic) bond motifs is 1. The van der Waals surface area contributed by atoms with Crippen molar-refractivity contribution in [3.8, 4) is 11.8 Å². The summed E-state index contributed by atoms with van der Waals surface area (Å²) in [5.74, 6) is 5.24. The number of carbonyl (C=O) groups excluding carboxylic acids is 5. The third-order valence-electron chi connectivity index (χ3n) is 13.2. The Labute approximate surface area is 342 Å². The van der Waals surface area contributed by atoms with E-state index in [1.165, 1.54) is 0 Å². The lowest BCUT2D eigenvalue weighted by Gasteiger charge is -2.48. The van der Waals surface area contributed by atoms with Crippen LogP contribution in [0.3, 0.4) is 0 Å². The molecule has 1 spiro atoms. The number of likely N-dealkylation sites (tertiary alicyclic amines) is 2. The van der Waals surface area contributed by atoms with Gasteiger partial charge in [0.2, 0.25) is 17.5 Å². The fourth-order valence-electron chi connectivity index (χ4n) is 9.56. The van der Waals surface area contributed by atoms with E-state index in [-0.39, 0.29) is 24.2 Å². The van der Waals surface area contributed by atoms with Crippen LogP contribution in [-0.4, -0.2) is 109 Å². The van der Waals surface area contributed by atoms with Gasteiger partial charge in [-0.1, -0.05) is 29.5 Å². The molecule has 0 aliphatic carbocycles. The normalized spacial score (nSPS) is 22.4. The molecule has 58 heavy (non-hydrogen) atoms. The second-order valence-corrected chi connectivity index (χ2v) is 17.0. The zero-order valence-corrected chi connectivity index (χ0v) is 33.0. The molecule has 1 N–H and O–H groups in total. The number of benzene rings is 3. The summed E-state index contributed by atoms with van der Waals surface area (Å²) in [7, 11) is 0. The molecule has 5 amide bonds. The van der Waals surface area contributed by atoms with Gasteiger partial charge in [0.25, 0.3) is 17.7 Å². The van der Waals surface area contributed by atoms with Gasteiger partial charge in [-0.3, -0.25) is 39.1 Å². The first-order valence-electron chi connectivity index (χ1n) is 20.3. The summed E-state index contributed by atoms with van der Waals surface area (Å²) in [6.45, 7) is 14.2. The fourth-order valence-corrected chi connectivity index (χ4v) is 9.77.